The zero-order valence-corrected chi connectivity index (χ0v) is 10.8. The van der Waals surface area contributed by atoms with E-state index in [1.54, 1.807) is 0 Å². The molecule has 0 aromatic carbocycles. The smallest absolute Gasteiger partial charge is 0.265 e. The summed E-state index contributed by atoms with van der Waals surface area (Å²) < 4.78 is 30.7. The highest BCUT2D eigenvalue weighted by Gasteiger charge is 2.37. The molecule has 14 heavy (non-hydrogen) atoms. The van der Waals surface area contributed by atoms with E-state index in [1.165, 1.54) is 0 Å². The SMILES string of the molecule is CC(C)(C)C(CS(=O)(=O)O)C(C)(C)C. The molecule has 4 heteroatoms. The van der Waals surface area contributed by atoms with Gasteiger partial charge in [0.2, 0.25) is 0 Å². The van der Waals surface area contributed by atoms with Crippen LogP contribution in [0.15, 0.2) is 0 Å². The van der Waals surface area contributed by atoms with E-state index in [-0.39, 0.29) is 22.5 Å². The van der Waals surface area contributed by atoms with Gasteiger partial charge in [-0.15, -0.1) is 0 Å². The van der Waals surface area contributed by atoms with Gasteiger partial charge in [0.25, 0.3) is 10.1 Å². The van der Waals surface area contributed by atoms with Gasteiger partial charge in [0.05, 0.1) is 5.75 Å². The molecular formula is C10H22O3S. The predicted octanol–water partition coefficient (Wildman–Crippen LogP) is 2.58. The Labute approximate surface area is 87.7 Å². The zero-order chi connectivity index (χ0) is 11.8. The summed E-state index contributed by atoms with van der Waals surface area (Å²) in [6.45, 7) is 12.0. The molecule has 3 nitrogen and oxygen atoms in total. The maximum Gasteiger partial charge on any atom is 0.265 e. The van der Waals surface area contributed by atoms with Crippen LogP contribution >= 0.6 is 0 Å². The Balaban J connectivity index is 4.97. The van der Waals surface area contributed by atoms with Crippen molar-refractivity contribution in [3.8, 4) is 0 Å². The van der Waals surface area contributed by atoms with E-state index in [9.17, 15) is 8.42 Å². The van der Waals surface area contributed by atoms with Crippen LogP contribution in [0.2, 0.25) is 0 Å². The van der Waals surface area contributed by atoms with Crippen molar-refractivity contribution in [3.63, 3.8) is 0 Å². The topological polar surface area (TPSA) is 54.4 Å². The summed E-state index contributed by atoms with van der Waals surface area (Å²) in [6.07, 6.45) is 0. The molecule has 1 N–H and O–H groups in total. The summed E-state index contributed by atoms with van der Waals surface area (Å²) in [5, 5.41) is 0. The third kappa shape index (κ3) is 4.96. The minimum absolute atomic E-state index is 0.0648. The Morgan fingerprint density at radius 2 is 1.29 bits per heavy atom. The number of rotatable bonds is 2. The lowest BCUT2D eigenvalue weighted by Crippen LogP contribution is -2.37. The van der Waals surface area contributed by atoms with Crippen molar-refractivity contribution in [1.82, 2.24) is 0 Å². The van der Waals surface area contributed by atoms with Crippen LogP contribution in [0.1, 0.15) is 41.5 Å². The third-order valence-electron chi connectivity index (χ3n) is 2.47. The Kier molecular flexibility index (Phi) is 3.79. The van der Waals surface area contributed by atoms with Crippen LogP contribution in [-0.2, 0) is 10.1 Å². The van der Waals surface area contributed by atoms with Crippen LogP contribution in [0.25, 0.3) is 0 Å². The molecule has 0 atom stereocenters. The molecule has 0 aliphatic rings. The van der Waals surface area contributed by atoms with Crippen LogP contribution in [0.5, 0.6) is 0 Å². The lowest BCUT2D eigenvalue weighted by Gasteiger charge is -2.39. The summed E-state index contributed by atoms with van der Waals surface area (Å²) in [5.74, 6) is -0.231. The largest absolute Gasteiger partial charge is 0.286 e. The van der Waals surface area contributed by atoms with E-state index < -0.39 is 10.1 Å². The Morgan fingerprint density at radius 1 is 1.00 bits per heavy atom. The van der Waals surface area contributed by atoms with E-state index in [0.717, 1.165) is 0 Å². The van der Waals surface area contributed by atoms with Crippen LogP contribution in [0.4, 0.5) is 0 Å². The molecule has 0 saturated heterocycles. The second-order valence-electron chi connectivity index (χ2n) is 6.03. The molecule has 0 spiro atoms. The van der Waals surface area contributed by atoms with Crippen molar-refractivity contribution in [2.75, 3.05) is 5.75 Å². The lowest BCUT2D eigenvalue weighted by molar-refractivity contribution is 0.121. The Hall–Kier alpha value is -0.0900. The third-order valence-corrected chi connectivity index (χ3v) is 3.22. The summed E-state index contributed by atoms with van der Waals surface area (Å²) in [6, 6.07) is 0. The Bertz CT molecular complexity index is 263. The molecule has 0 aliphatic heterocycles. The molecule has 0 amide bonds. The standard InChI is InChI=1S/C10H22O3S/c1-9(2,3)8(10(4,5)6)7-14(11,12)13/h8H,7H2,1-6H3,(H,11,12,13). The van der Waals surface area contributed by atoms with E-state index in [1.807, 2.05) is 41.5 Å². The highest BCUT2D eigenvalue weighted by atomic mass is 32.2. The molecular weight excluding hydrogens is 200 g/mol. The van der Waals surface area contributed by atoms with Crippen molar-refractivity contribution in [1.29, 1.82) is 0 Å². The number of hydrogen-bond donors (Lipinski definition) is 1. The van der Waals surface area contributed by atoms with Crippen molar-refractivity contribution in [2.24, 2.45) is 16.7 Å². The first kappa shape index (κ1) is 13.9. The fourth-order valence-electron chi connectivity index (χ4n) is 2.01. The van der Waals surface area contributed by atoms with Crippen LogP contribution in [0.3, 0.4) is 0 Å². The molecule has 0 aromatic heterocycles. The second kappa shape index (κ2) is 3.81. The molecule has 0 unspecified atom stereocenters. The van der Waals surface area contributed by atoms with E-state index in [2.05, 4.69) is 0 Å². The normalized spacial score (nSPS) is 14.9. The average molecular weight is 222 g/mol. The second-order valence-corrected chi connectivity index (χ2v) is 7.53. The summed E-state index contributed by atoms with van der Waals surface area (Å²) >= 11 is 0. The maximum absolute atomic E-state index is 10.9. The zero-order valence-electron chi connectivity index (χ0n) is 9.96. The first-order valence-corrected chi connectivity index (χ1v) is 6.40. The molecule has 0 aromatic rings. The summed E-state index contributed by atoms with van der Waals surface area (Å²) in [4.78, 5) is 0. The van der Waals surface area contributed by atoms with Gasteiger partial charge < -0.3 is 0 Å². The molecule has 0 saturated carbocycles. The first-order chi connectivity index (χ1) is 5.84. The Morgan fingerprint density at radius 3 is 1.36 bits per heavy atom. The van der Waals surface area contributed by atoms with Gasteiger partial charge in [0.1, 0.15) is 0 Å². The van der Waals surface area contributed by atoms with E-state index in [0.29, 0.717) is 0 Å². The van der Waals surface area contributed by atoms with Gasteiger partial charge in [-0.1, -0.05) is 41.5 Å². The van der Waals surface area contributed by atoms with Gasteiger partial charge in [-0.05, 0) is 16.7 Å². The maximum atomic E-state index is 10.9. The molecule has 0 fully saturated rings. The fraction of sp³-hybridized carbons (Fsp3) is 1.00. The quantitative estimate of drug-likeness (QED) is 0.731. The van der Waals surface area contributed by atoms with Gasteiger partial charge >= 0.3 is 0 Å². The van der Waals surface area contributed by atoms with Crippen molar-refractivity contribution in [3.05, 3.63) is 0 Å². The highest BCUT2D eigenvalue weighted by Crippen LogP contribution is 2.40. The van der Waals surface area contributed by atoms with Crippen LogP contribution in [0, 0.1) is 16.7 Å². The van der Waals surface area contributed by atoms with Crippen LogP contribution < -0.4 is 0 Å². The molecule has 0 heterocycles. The fourth-order valence-corrected chi connectivity index (χ4v) is 3.43. The molecule has 86 valence electrons. The minimum atomic E-state index is -3.89. The van der Waals surface area contributed by atoms with Gasteiger partial charge in [-0.2, -0.15) is 8.42 Å². The molecule has 0 radical (unpaired) electrons. The van der Waals surface area contributed by atoms with E-state index in [4.69, 9.17) is 4.55 Å². The lowest BCUT2D eigenvalue weighted by atomic mass is 9.68. The average Bonchev–Trinajstić information content (AvgIpc) is 1.75. The van der Waals surface area contributed by atoms with Crippen molar-refractivity contribution in [2.45, 2.75) is 41.5 Å². The van der Waals surface area contributed by atoms with Crippen LogP contribution in [-0.4, -0.2) is 18.7 Å². The van der Waals surface area contributed by atoms with Gasteiger partial charge in [-0.25, -0.2) is 0 Å². The predicted molar refractivity (Wildman–Crippen MR) is 58.8 cm³/mol. The van der Waals surface area contributed by atoms with Gasteiger partial charge in [0, 0.05) is 0 Å². The summed E-state index contributed by atoms with van der Waals surface area (Å²) in [7, 11) is -3.89. The monoisotopic (exact) mass is 222 g/mol. The molecule has 0 aliphatic carbocycles. The molecule has 0 bridgehead atoms. The minimum Gasteiger partial charge on any atom is -0.286 e. The highest BCUT2D eigenvalue weighted by molar-refractivity contribution is 7.85. The van der Waals surface area contributed by atoms with Crippen molar-refractivity contribution >= 4 is 10.1 Å². The van der Waals surface area contributed by atoms with E-state index >= 15 is 0 Å². The van der Waals surface area contributed by atoms with Crippen molar-refractivity contribution < 1.29 is 13.0 Å². The van der Waals surface area contributed by atoms with Gasteiger partial charge in [-0.3, -0.25) is 4.55 Å². The number of hydrogen-bond acceptors (Lipinski definition) is 2. The molecule has 0 rings (SSSR count). The first-order valence-electron chi connectivity index (χ1n) is 4.79. The van der Waals surface area contributed by atoms with Gasteiger partial charge in [0.15, 0.2) is 0 Å². The summed E-state index contributed by atoms with van der Waals surface area (Å²) in [5.41, 5.74) is -0.262.